The van der Waals surface area contributed by atoms with Crippen LogP contribution in [0.15, 0.2) is 29.4 Å². The van der Waals surface area contributed by atoms with Crippen molar-refractivity contribution in [3.05, 3.63) is 35.4 Å². The minimum Gasteiger partial charge on any atom is -0.396 e. The van der Waals surface area contributed by atoms with E-state index in [0.29, 0.717) is 25.2 Å². The molecule has 0 radical (unpaired) electrons. The lowest BCUT2D eigenvalue weighted by Crippen LogP contribution is -2.57. The molecule has 4 aliphatic heterocycles. The maximum Gasteiger partial charge on any atom is 0.270 e. The van der Waals surface area contributed by atoms with Crippen molar-refractivity contribution >= 4 is 17.5 Å². The number of hydrazone groups is 1. The van der Waals surface area contributed by atoms with Crippen molar-refractivity contribution in [1.82, 2.24) is 15.2 Å². The molecule has 4 aliphatic rings. The Bertz CT molecular complexity index is 901. The zero-order valence-corrected chi connectivity index (χ0v) is 17.9. The zero-order valence-electron chi connectivity index (χ0n) is 17.9. The van der Waals surface area contributed by atoms with E-state index in [2.05, 4.69) is 46.6 Å². The van der Waals surface area contributed by atoms with Crippen molar-refractivity contribution in [2.75, 3.05) is 32.8 Å². The van der Waals surface area contributed by atoms with Crippen LogP contribution in [0, 0.1) is 11.8 Å². The number of aliphatic hydroxyl groups is 1. The summed E-state index contributed by atoms with van der Waals surface area (Å²) >= 11 is 0. The Morgan fingerprint density at radius 2 is 2.00 bits per heavy atom. The Morgan fingerprint density at radius 1 is 1.23 bits per heavy atom. The van der Waals surface area contributed by atoms with Crippen molar-refractivity contribution < 1.29 is 19.4 Å². The second-order valence-corrected chi connectivity index (χ2v) is 9.29. The first-order valence-electron chi connectivity index (χ1n) is 11.2. The lowest BCUT2D eigenvalue weighted by molar-refractivity contribution is -0.147. The van der Waals surface area contributed by atoms with E-state index in [1.807, 2.05) is 4.90 Å². The van der Waals surface area contributed by atoms with Crippen LogP contribution in [0.5, 0.6) is 0 Å². The molecular formula is C23H30N4O4. The van der Waals surface area contributed by atoms with Gasteiger partial charge in [-0.3, -0.25) is 14.5 Å². The van der Waals surface area contributed by atoms with E-state index in [-0.39, 0.29) is 42.8 Å². The van der Waals surface area contributed by atoms with Gasteiger partial charge in [-0.2, -0.15) is 5.10 Å². The number of likely N-dealkylation sites (tertiary alicyclic amines) is 2. The van der Waals surface area contributed by atoms with Crippen LogP contribution in [-0.4, -0.2) is 76.9 Å². The van der Waals surface area contributed by atoms with Gasteiger partial charge < -0.3 is 14.7 Å². The number of hydrogen-bond donors (Lipinski definition) is 2. The monoisotopic (exact) mass is 426 g/mol. The number of nitrogens with zero attached hydrogens (tertiary/aromatic N) is 3. The van der Waals surface area contributed by atoms with Gasteiger partial charge in [-0.1, -0.05) is 31.2 Å². The minimum absolute atomic E-state index is 0.0262. The second-order valence-electron chi connectivity index (χ2n) is 9.29. The highest BCUT2D eigenvalue weighted by atomic mass is 16.5. The number of rotatable bonds is 5. The molecule has 2 N–H and O–H groups in total. The second kappa shape index (κ2) is 8.00. The number of aliphatic hydroxyl groups excluding tert-OH is 1. The fourth-order valence-electron chi connectivity index (χ4n) is 5.75. The van der Waals surface area contributed by atoms with Gasteiger partial charge in [0.1, 0.15) is 11.3 Å². The number of amides is 2. The van der Waals surface area contributed by atoms with Gasteiger partial charge in [-0.05, 0) is 17.5 Å². The third kappa shape index (κ3) is 3.66. The van der Waals surface area contributed by atoms with Gasteiger partial charge in [0.05, 0.1) is 12.6 Å². The molecule has 2 bridgehead atoms. The number of fused-ring (bicyclic) bond motifs is 1. The minimum atomic E-state index is -0.451. The molecule has 4 heterocycles. The van der Waals surface area contributed by atoms with Crippen LogP contribution in [0.4, 0.5) is 0 Å². The summed E-state index contributed by atoms with van der Waals surface area (Å²) in [4.78, 5) is 28.7. The Balaban J connectivity index is 1.32. The molecule has 3 saturated heterocycles. The molecule has 2 amide bonds. The highest BCUT2D eigenvalue weighted by Gasteiger charge is 2.62. The van der Waals surface area contributed by atoms with Crippen LogP contribution >= 0.6 is 0 Å². The van der Waals surface area contributed by atoms with E-state index in [0.717, 1.165) is 26.1 Å². The van der Waals surface area contributed by atoms with Crippen molar-refractivity contribution in [3.63, 3.8) is 0 Å². The van der Waals surface area contributed by atoms with Gasteiger partial charge in [-0.15, -0.1) is 0 Å². The van der Waals surface area contributed by atoms with Crippen LogP contribution in [0.3, 0.4) is 0 Å². The lowest BCUT2D eigenvalue weighted by Gasteiger charge is -2.40. The van der Waals surface area contributed by atoms with Gasteiger partial charge in [0.2, 0.25) is 5.91 Å². The van der Waals surface area contributed by atoms with Crippen molar-refractivity contribution in [3.8, 4) is 0 Å². The van der Waals surface area contributed by atoms with Gasteiger partial charge in [0.25, 0.3) is 5.91 Å². The molecule has 0 saturated carbocycles. The fourth-order valence-corrected chi connectivity index (χ4v) is 5.75. The number of carbonyl (C=O) groups excluding carboxylic acids is 2. The van der Waals surface area contributed by atoms with Gasteiger partial charge in [0.15, 0.2) is 0 Å². The van der Waals surface area contributed by atoms with Crippen molar-refractivity contribution in [1.29, 1.82) is 0 Å². The number of aryl methyl sites for hydroxylation is 1. The van der Waals surface area contributed by atoms with Crippen LogP contribution < -0.4 is 5.43 Å². The summed E-state index contributed by atoms with van der Waals surface area (Å²) < 4.78 is 6.50. The summed E-state index contributed by atoms with van der Waals surface area (Å²) in [7, 11) is 0. The summed E-state index contributed by atoms with van der Waals surface area (Å²) in [5.41, 5.74) is 4.97. The summed E-state index contributed by atoms with van der Waals surface area (Å²) in [5.74, 6) is -0.0592. The first-order chi connectivity index (χ1) is 15.0. The topological polar surface area (TPSA) is 94.5 Å². The number of benzene rings is 1. The maximum atomic E-state index is 13.1. The van der Waals surface area contributed by atoms with Crippen LogP contribution in [0.1, 0.15) is 30.9 Å². The van der Waals surface area contributed by atoms with Crippen LogP contribution in [-0.2, 0) is 27.3 Å². The average molecular weight is 427 g/mol. The molecular weight excluding hydrogens is 396 g/mol. The number of hydrogen-bond acceptors (Lipinski definition) is 6. The summed E-state index contributed by atoms with van der Waals surface area (Å²) in [5, 5.41) is 14.1. The van der Waals surface area contributed by atoms with E-state index in [9.17, 15) is 14.7 Å². The maximum absolute atomic E-state index is 13.1. The zero-order chi connectivity index (χ0) is 21.6. The normalized spacial score (nSPS) is 32.6. The Kier molecular flexibility index (Phi) is 5.32. The highest BCUT2D eigenvalue weighted by molar-refractivity contribution is 6.39. The molecule has 3 fully saturated rings. The molecule has 166 valence electrons. The predicted molar refractivity (Wildman–Crippen MR) is 114 cm³/mol. The highest BCUT2D eigenvalue weighted by Crippen LogP contribution is 2.49. The molecule has 4 atom stereocenters. The molecule has 5 rings (SSSR count). The Hall–Kier alpha value is -2.29. The predicted octanol–water partition coefficient (Wildman–Crippen LogP) is 0.535. The third-order valence-electron chi connectivity index (χ3n) is 7.35. The summed E-state index contributed by atoms with van der Waals surface area (Å²) in [6.45, 7) is 5.62. The molecule has 0 aromatic heterocycles. The third-order valence-corrected chi connectivity index (χ3v) is 7.35. The average Bonchev–Trinajstić information content (AvgIpc) is 3.20. The number of nitrogens with one attached hydrogen (secondary N) is 1. The number of morpholine rings is 1. The van der Waals surface area contributed by atoms with Gasteiger partial charge in [-0.25, -0.2) is 5.43 Å². The first kappa shape index (κ1) is 20.6. The summed E-state index contributed by atoms with van der Waals surface area (Å²) in [6.07, 6.45) is 1.53. The molecule has 8 heteroatoms. The molecule has 1 aromatic carbocycles. The number of ether oxygens (including phenoxy) is 1. The molecule has 1 spiro atoms. The molecule has 8 nitrogen and oxygen atoms in total. The van der Waals surface area contributed by atoms with E-state index < -0.39 is 5.60 Å². The standard InChI is InChI=1S/C23H30N4O4/c1-2-15-3-5-16(6-4-15)9-26-10-18-17(12-28)20-11-27(14-23(18,13-26)31-20)22(30)19-7-8-21(29)25-24-19/h3-6,17-18,20,28H,2,7-14H2,1H3,(H,25,29)/t17-,18+,20+,23-/m0/s1. The van der Waals surface area contributed by atoms with E-state index >= 15 is 0 Å². The smallest absolute Gasteiger partial charge is 0.270 e. The van der Waals surface area contributed by atoms with Crippen molar-refractivity contribution in [2.24, 2.45) is 16.9 Å². The SMILES string of the molecule is CCc1ccc(CN2C[C@@H]3[C@H](CO)[C@H]4CN(C(=O)C5=NNC(=O)CC5)C[C@]3(C2)O4)cc1. The quantitative estimate of drug-likeness (QED) is 0.717. The molecule has 0 aliphatic carbocycles. The molecule has 31 heavy (non-hydrogen) atoms. The first-order valence-corrected chi connectivity index (χ1v) is 11.2. The van der Waals surface area contributed by atoms with Crippen molar-refractivity contribution in [2.45, 2.75) is 44.4 Å². The van der Waals surface area contributed by atoms with E-state index in [1.165, 1.54) is 11.1 Å². The lowest BCUT2D eigenvalue weighted by atomic mass is 9.83. The van der Waals surface area contributed by atoms with Gasteiger partial charge in [0, 0.05) is 57.5 Å². The van der Waals surface area contributed by atoms with Gasteiger partial charge >= 0.3 is 0 Å². The largest absolute Gasteiger partial charge is 0.396 e. The fraction of sp³-hybridized carbons (Fsp3) is 0.609. The Morgan fingerprint density at radius 3 is 2.68 bits per heavy atom. The van der Waals surface area contributed by atoms with Crippen LogP contribution in [0.25, 0.3) is 0 Å². The summed E-state index contributed by atoms with van der Waals surface area (Å²) in [6, 6.07) is 8.73. The van der Waals surface area contributed by atoms with E-state index in [4.69, 9.17) is 4.74 Å². The van der Waals surface area contributed by atoms with Crippen LogP contribution in [0.2, 0.25) is 0 Å². The molecule has 0 unspecified atom stereocenters. The number of carbonyl (C=O) groups is 2. The van der Waals surface area contributed by atoms with E-state index in [1.54, 1.807) is 0 Å². The molecule has 1 aromatic rings. The Labute approximate surface area is 182 Å².